The number of phenolic OH excluding ortho intramolecular Hbond substituents is 1. The molecule has 5 aromatic rings. The SMILES string of the molecule is C/C(=N\OCCOCCOCCN(C)CCOc1ccc2[nH]c(C(=O)N3C[C@@H](CCl)c4c3cc(O)c3cccc(C)c43)cc2c1)c1ccc(C[C@H](N)C(=O)O)cc1. The Morgan fingerprint density at radius 2 is 1.74 bits per heavy atom. The lowest BCUT2D eigenvalue weighted by atomic mass is 9.92. The number of H-pyrrole nitrogens is 1. The molecule has 57 heavy (non-hydrogen) atoms. The van der Waals surface area contributed by atoms with Gasteiger partial charge in [-0.25, -0.2) is 0 Å². The Labute approximate surface area is 336 Å². The van der Waals surface area contributed by atoms with E-state index in [9.17, 15) is 14.7 Å². The van der Waals surface area contributed by atoms with E-state index in [0.717, 1.165) is 50.5 Å². The summed E-state index contributed by atoms with van der Waals surface area (Å²) in [6, 6.07) is 21.5. The van der Waals surface area contributed by atoms with Crippen LogP contribution in [0.1, 0.15) is 45.6 Å². The number of nitrogens with two attached hydrogens (primary N) is 1. The van der Waals surface area contributed by atoms with Crippen LogP contribution in [0.3, 0.4) is 0 Å². The minimum Gasteiger partial charge on any atom is -0.507 e. The topological polar surface area (TPSA) is 172 Å². The third-order valence-electron chi connectivity index (χ3n) is 10.1. The smallest absolute Gasteiger partial charge is 0.320 e. The molecule has 0 saturated carbocycles. The van der Waals surface area contributed by atoms with Crippen molar-refractivity contribution in [1.82, 2.24) is 9.88 Å². The van der Waals surface area contributed by atoms with Crippen molar-refractivity contribution in [2.75, 3.05) is 77.1 Å². The molecule has 0 unspecified atom stereocenters. The van der Waals surface area contributed by atoms with E-state index >= 15 is 0 Å². The zero-order valence-corrected chi connectivity index (χ0v) is 33.3. The van der Waals surface area contributed by atoms with Crippen LogP contribution in [0.4, 0.5) is 5.69 Å². The predicted octanol–water partition coefficient (Wildman–Crippen LogP) is 6.06. The molecular formula is C43H50ClN5O8. The summed E-state index contributed by atoms with van der Waals surface area (Å²) >= 11 is 6.43. The number of nitrogens with one attached hydrogen (secondary N) is 1. The molecule has 14 heteroatoms. The van der Waals surface area contributed by atoms with Gasteiger partial charge < -0.3 is 49.8 Å². The molecule has 1 aliphatic heterocycles. The summed E-state index contributed by atoms with van der Waals surface area (Å²) in [5.74, 6) is -0.0420. The lowest BCUT2D eigenvalue weighted by Crippen LogP contribution is -2.32. The molecule has 0 aliphatic carbocycles. The van der Waals surface area contributed by atoms with E-state index in [-0.39, 0.29) is 24.0 Å². The van der Waals surface area contributed by atoms with Crippen molar-refractivity contribution >= 4 is 56.6 Å². The lowest BCUT2D eigenvalue weighted by Gasteiger charge is -2.18. The first-order valence-corrected chi connectivity index (χ1v) is 19.5. The zero-order valence-electron chi connectivity index (χ0n) is 32.5. The molecule has 0 bridgehead atoms. The number of oxime groups is 1. The van der Waals surface area contributed by atoms with Crippen LogP contribution in [0.2, 0.25) is 0 Å². The normalized spacial score (nSPS) is 14.7. The van der Waals surface area contributed by atoms with Gasteiger partial charge in [0.15, 0.2) is 0 Å². The van der Waals surface area contributed by atoms with E-state index in [1.54, 1.807) is 11.0 Å². The van der Waals surface area contributed by atoms with Crippen molar-refractivity contribution in [3.05, 3.63) is 101 Å². The molecule has 1 aromatic heterocycles. The number of aliphatic carboxylic acids is 1. The number of rotatable bonds is 20. The van der Waals surface area contributed by atoms with E-state index < -0.39 is 12.0 Å². The number of aromatic hydroxyl groups is 1. The second kappa shape index (κ2) is 19.3. The van der Waals surface area contributed by atoms with Gasteiger partial charge in [-0.3, -0.25) is 9.59 Å². The number of amides is 1. The number of ether oxygens (including phenoxy) is 3. The van der Waals surface area contributed by atoms with E-state index in [4.69, 9.17) is 41.5 Å². The van der Waals surface area contributed by atoms with Crippen LogP contribution in [0, 0.1) is 6.92 Å². The minimum absolute atomic E-state index is 0.0504. The number of carboxylic acid groups (broad SMARTS) is 1. The van der Waals surface area contributed by atoms with Gasteiger partial charge in [0.25, 0.3) is 5.91 Å². The third-order valence-corrected chi connectivity index (χ3v) is 10.5. The molecule has 0 fully saturated rings. The Morgan fingerprint density at radius 1 is 1.00 bits per heavy atom. The van der Waals surface area contributed by atoms with Crippen LogP contribution in [0.5, 0.6) is 11.5 Å². The number of benzene rings is 4. The highest BCUT2D eigenvalue weighted by Crippen LogP contribution is 2.46. The maximum atomic E-state index is 13.9. The summed E-state index contributed by atoms with van der Waals surface area (Å²) in [5, 5.41) is 26.6. The Hall–Kier alpha value is -5.18. The van der Waals surface area contributed by atoms with Gasteiger partial charge >= 0.3 is 5.97 Å². The summed E-state index contributed by atoms with van der Waals surface area (Å²) in [6.45, 7) is 8.32. The first-order valence-electron chi connectivity index (χ1n) is 19.0. The molecule has 2 heterocycles. The molecule has 2 atom stereocenters. The largest absolute Gasteiger partial charge is 0.507 e. The highest BCUT2D eigenvalue weighted by atomic mass is 35.5. The number of halogens is 1. The number of carboxylic acids is 1. The molecule has 4 aromatic carbocycles. The summed E-state index contributed by atoms with van der Waals surface area (Å²) in [7, 11) is 2.01. The van der Waals surface area contributed by atoms with Gasteiger partial charge in [0.1, 0.15) is 36.4 Å². The fraction of sp³-hybridized carbons (Fsp3) is 0.372. The zero-order chi connectivity index (χ0) is 40.5. The van der Waals surface area contributed by atoms with E-state index in [0.29, 0.717) is 81.5 Å². The molecule has 5 N–H and O–H groups in total. The van der Waals surface area contributed by atoms with Gasteiger partial charge in [0, 0.05) is 53.8 Å². The van der Waals surface area contributed by atoms with Gasteiger partial charge in [-0.05, 0) is 79.2 Å². The van der Waals surface area contributed by atoms with Crippen LogP contribution < -0.4 is 15.4 Å². The minimum atomic E-state index is -1.03. The predicted molar refractivity (Wildman–Crippen MR) is 222 cm³/mol. The number of aromatic amines is 1. The molecule has 0 saturated heterocycles. The number of anilines is 1. The van der Waals surface area contributed by atoms with Crippen LogP contribution in [-0.4, -0.2) is 116 Å². The van der Waals surface area contributed by atoms with Crippen LogP contribution >= 0.6 is 11.6 Å². The second-order valence-corrected chi connectivity index (χ2v) is 14.6. The monoisotopic (exact) mass is 799 g/mol. The number of aryl methyl sites for hydroxylation is 1. The molecule has 0 spiro atoms. The van der Waals surface area contributed by atoms with Crippen molar-refractivity contribution in [2.24, 2.45) is 10.9 Å². The molecule has 6 rings (SSSR count). The summed E-state index contributed by atoms with van der Waals surface area (Å²) in [5.41, 5.74) is 12.0. The fourth-order valence-corrected chi connectivity index (χ4v) is 7.22. The Balaban J connectivity index is 0.872. The molecule has 302 valence electrons. The van der Waals surface area contributed by atoms with Gasteiger partial charge in [-0.2, -0.15) is 0 Å². The number of aromatic nitrogens is 1. The molecule has 0 radical (unpaired) electrons. The van der Waals surface area contributed by atoms with Crippen LogP contribution in [-0.2, 0) is 25.5 Å². The van der Waals surface area contributed by atoms with E-state index in [1.807, 2.05) is 87.6 Å². The number of hydrogen-bond donors (Lipinski definition) is 4. The number of carbonyl (C=O) groups excluding carboxylic acids is 1. The van der Waals surface area contributed by atoms with Gasteiger partial charge in [0.05, 0.1) is 37.8 Å². The third kappa shape index (κ3) is 10.2. The van der Waals surface area contributed by atoms with Crippen LogP contribution in [0.15, 0.2) is 78.0 Å². The fourth-order valence-electron chi connectivity index (χ4n) is 6.97. The highest BCUT2D eigenvalue weighted by Gasteiger charge is 2.36. The average molecular weight is 800 g/mol. The Morgan fingerprint density at radius 3 is 2.49 bits per heavy atom. The maximum absolute atomic E-state index is 13.9. The summed E-state index contributed by atoms with van der Waals surface area (Å²) in [4.78, 5) is 37.3. The molecule has 1 aliphatic rings. The van der Waals surface area contributed by atoms with Crippen LogP contribution in [0.25, 0.3) is 21.7 Å². The van der Waals surface area contributed by atoms with E-state index in [1.165, 1.54) is 0 Å². The number of phenols is 1. The van der Waals surface area contributed by atoms with Crippen molar-refractivity contribution in [3.63, 3.8) is 0 Å². The van der Waals surface area contributed by atoms with Crippen molar-refractivity contribution in [2.45, 2.75) is 32.2 Å². The number of fused-ring (bicyclic) bond motifs is 4. The average Bonchev–Trinajstić information content (AvgIpc) is 3.80. The number of likely N-dealkylation sites (N-methyl/N-ethyl adjacent to an activating group) is 1. The quantitative estimate of drug-likeness (QED) is 0.0314. The number of carbonyl (C=O) groups is 2. The second-order valence-electron chi connectivity index (χ2n) is 14.3. The van der Waals surface area contributed by atoms with E-state index in [2.05, 4.69) is 15.0 Å². The molecule has 13 nitrogen and oxygen atoms in total. The number of nitrogens with zero attached hydrogens (tertiary/aromatic N) is 3. The van der Waals surface area contributed by atoms with Gasteiger partial charge in [0.2, 0.25) is 0 Å². The first-order chi connectivity index (χ1) is 27.5. The summed E-state index contributed by atoms with van der Waals surface area (Å²) in [6.07, 6.45) is 0.261. The lowest BCUT2D eigenvalue weighted by molar-refractivity contribution is -0.138. The number of alkyl halides is 1. The van der Waals surface area contributed by atoms with Gasteiger partial charge in [-0.1, -0.05) is 47.6 Å². The Kier molecular flexibility index (Phi) is 14.0. The van der Waals surface area contributed by atoms with Crippen molar-refractivity contribution < 1.29 is 38.9 Å². The summed E-state index contributed by atoms with van der Waals surface area (Å²) < 4.78 is 17.4. The maximum Gasteiger partial charge on any atom is 0.320 e. The first kappa shape index (κ1) is 41.5. The highest BCUT2D eigenvalue weighted by molar-refractivity contribution is 6.19. The molecule has 1 amide bonds. The number of hydrogen-bond acceptors (Lipinski definition) is 10. The Bertz CT molecular complexity index is 2210. The van der Waals surface area contributed by atoms with Gasteiger partial charge in [-0.15, -0.1) is 11.6 Å². The standard InChI is InChI=1S/C43H50ClN5O8/c1-27-5-4-6-34-39(50)24-38-41(40(27)34)32(25-44)26-49(38)42(51)37-23-31-22-33(11-12-36(31)46-37)56-16-14-48(3)13-15-54-17-18-55-19-20-57-47-28(2)30-9-7-29(8-10-30)21-35(45)43(52)53/h4-12,22-24,32,35,46,50H,13-21,25-26,45H2,1-3H3,(H,52,53)/b47-28+/t32-,35+/m1/s1. The van der Waals surface area contributed by atoms with Crippen molar-refractivity contribution in [3.8, 4) is 11.5 Å². The van der Waals surface area contributed by atoms with Crippen molar-refractivity contribution in [1.29, 1.82) is 0 Å². The molecular weight excluding hydrogens is 750 g/mol.